The summed E-state index contributed by atoms with van der Waals surface area (Å²) in [5, 5.41) is 2.95. The van der Waals surface area contributed by atoms with Crippen molar-refractivity contribution in [2.75, 3.05) is 32.3 Å². The fourth-order valence-electron chi connectivity index (χ4n) is 3.60. The second-order valence-electron chi connectivity index (χ2n) is 6.52. The Hall–Kier alpha value is -2.73. The van der Waals surface area contributed by atoms with Crippen LogP contribution < -0.4 is 19.5 Å². The molecule has 0 aliphatic carbocycles. The van der Waals surface area contributed by atoms with E-state index in [0.717, 1.165) is 30.8 Å². The molecule has 2 aromatic carbocycles. The fourth-order valence-corrected chi connectivity index (χ4v) is 3.60. The van der Waals surface area contributed by atoms with E-state index in [-0.39, 0.29) is 18.7 Å². The lowest BCUT2D eigenvalue weighted by Gasteiger charge is -2.24. The highest BCUT2D eigenvalue weighted by Gasteiger charge is 2.28. The lowest BCUT2D eigenvalue weighted by molar-refractivity contribution is -0.117. The number of benzene rings is 2. The molecule has 26 heavy (non-hydrogen) atoms. The average Bonchev–Trinajstić information content (AvgIpc) is 3.30. The number of fused-ring (bicyclic) bond motifs is 1. The van der Waals surface area contributed by atoms with E-state index in [1.54, 1.807) is 13.2 Å². The first-order valence-electron chi connectivity index (χ1n) is 8.80. The summed E-state index contributed by atoms with van der Waals surface area (Å²) in [5.41, 5.74) is 1.91. The van der Waals surface area contributed by atoms with Crippen LogP contribution in [0.2, 0.25) is 0 Å². The van der Waals surface area contributed by atoms with Crippen molar-refractivity contribution in [3.8, 4) is 17.2 Å². The molecule has 6 nitrogen and oxygen atoms in total. The molecular weight excluding hydrogens is 332 g/mol. The molecule has 2 aliphatic heterocycles. The van der Waals surface area contributed by atoms with E-state index < -0.39 is 0 Å². The molecule has 0 radical (unpaired) electrons. The van der Waals surface area contributed by atoms with Crippen molar-refractivity contribution in [2.45, 2.75) is 18.9 Å². The molecule has 0 spiro atoms. The van der Waals surface area contributed by atoms with Crippen LogP contribution in [0.15, 0.2) is 42.5 Å². The van der Waals surface area contributed by atoms with E-state index >= 15 is 0 Å². The van der Waals surface area contributed by atoms with E-state index in [9.17, 15) is 4.79 Å². The van der Waals surface area contributed by atoms with Crippen LogP contribution in [-0.4, -0.2) is 37.8 Å². The van der Waals surface area contributed by atoms with Crippen molar-refractivity contribution in [2.24, 2.45) is 0 Å². The van der Waals surface area contributed by atoms with Gasteiger partial charge in [0.05, 0.1) is 13.7 Å². The minimum Gasteiger partial charge on any atom is -0.497 e. The number of methoxy groups -OCH3 is 1. The maximum Gasteiger partial charge on any atom is 0.238 e. The van der Waals surface area contributed by atoms with E-state index in [1.807, 2.05) is 24.3 Å². The first-order chi connectivity index (χ1) is 12.7. The first-order valence-corrected chi connectivity index (χ1v) is 8.80. The Balaban J connectivity index is 1.41. The number of nitrogens with zero attached hydrogens (tertiary/aromatic N) is 1. The topological polar surface area (TPSA) is 60.0 Å². The molecule has 0 aromatic heterocycles. The Bertz CT molecular complexity index is 808. The second kappa shape index (κ2) is 7.25. The van der Waals surface area contributed by atoms with Gasteiger partial charge in [-0.1, -0.05) is 12.1 Å². The Morgan fingerprint density at radius 3 is 3.00 bits per heavy atom. The minimum atomic E-state index is -0.0290. The van der Waals surface area contributed by atoms with Crippen LogP contribution in [0.5, 0.6) is 17.2 Å². The Morgan fingerprint density at radius 1 is 1.23 bits per heavy atom. The Labute approximate surface area is 152 Å². The molecule has 0 saturated carbocycles. The number of anilines is 1. The molecule has 1 atom stereocenters. The Kier molecular flexibility index (Phi) is 4.67. The monoisotopic (exact) mass is 354 g/mol. The van der Waals surface area contributed by atoms with Gasteiger partial charge in [-0.2, -0.15) is 0 Å². The summed E-state index contributed by atoms with van der Waals surface area (Å²) < 4.78 is 16.0. The van der Waals surface area contributed by atoms with Gasteiger partial charge in [-0.15, -0.1) is 0 Å². The van der Waals surface area contributed by atoms with Crippen LogP contribution in [0.25, 0.3) is 0 Å². The molecule has 1 amide bonds. The van der Waals surface area contributed by atoms with Gasteiger partial charge in [0.1, 0.15) is 5.75 Å². The maximum atomic E-state index is 12.5. The van der Waals surface area contributed by atoms with Gasteiger partial charge in [-0.05, 0) is 49.2 Å². The number of hydrogen-bond acceptors (Lipinski definition) is 5. The van der Waals surface area contributed by atoms with Crippen molar-refractivity contribution in [3.05, 3.63) is 48.0 Å². The summed E-state index contributed by atoms with van der Waals surface area (Å²) in [4.78, 5) is 14.7. The van der Waals surface area contributed by atoms with Gasteiger partial charge < -0.3 is 19.5 Å². The predicted octanol–water partition coefficient (Wildman–Crippen LogP) is 3.20. The van der Waals surface area contributed by atoms with Crippen LogP contribution in [0.3, 0.4) is 0 Å². The van der Waals surface area contributed by atoms with Crippen molar-refractivity contribution in [1.29, 1.82) is 0 Å². The predicted molar refractivity (Wildman–Crippen MR) is 97.7 cm³/mol. The highest BCUT2D eigenvalue weighted by Crippen LogP contribution is 2.35. The number of nitrogens with one attached hydrogen (secondary N) is 1. The van der Waals surface area contributed by atoms with E-state index in [1.165, 1.54) is 5.56 Å². The van der Waals surface area contributed by atoms with Gasteiger partial charge in [-0.25, -0.2) is 0 Å². The highest BCUT2D eigenvalue weighted by atomic mass is 16.7. The molecule has 1 fully saturated rings. The normalized spacial score (nSPS) is 18.7. The van der Waals surface area contributed by atoms with E-state index in [2.05, 4.69) is 22.3 Å². The maximum absolute atomic E-state index is 12.5. The molecule has 1 N–H and O–H groups in total. The number of likely N-dealkylation sites (tertiary alicyclic amines) is 1. The standard InChI is InChI=1S/C20H22N2O4/c1-24-16-5-2-4-14(10-16)17-6-3-9-22(17)12-20(23)21-15-7-8-18-19(11-15)26-13-25-18/h2,4-5,7-8,10-11,17H,3,6,9,12-13H2,1H3,(H,21,23). The molecule has 1 saturated heterocycles. The minimum absolute atomic E-state index is 0.0290. The number of carbonyl (C=O) groups excluding carboxylic acids is 1. The molecule has 6 heteroatoms. The van der Waals surface area contributed by atoms with Gasteiger partial charge in [-0.3, -0.25) is 9.69 Å². The Morgan fingerprint density at radius 2 is 2.12 bits per heavy atom. The third kappa shape index (κ3) is 3.46. The van der Waals surface area contributed by atoms with Crippen molar-refractivity contribution < 1.29 is 19.0 Å². The fraction of sp³-hybridized carbons (Fsp3) is 0.350. The van der Waals surface area contributed by atoms with Gasteiger partial charge in [0, 0.05) is 17.8 Å². The van der Waals surface area contributed by atoms with Crippen LogP contribution in [-0.2, 0) is 4.79 Å². The summed E-state index contributed by atoms with van der Waals surface area (Å²) in [6, 6.07) is 13.8. The molecule has 4 rings (SSSR count). The molecule has 2 heterocycles. The largest absolute Gasteiger partial charge is 0.497 e. The molecule has 2 aromatic rings. The molecule has 1 unspecified atom stereocenters. The number of ether oxygens (including phenoxy) is 3. The zero-order valence-electron chi connectivity index (χ0n) is 14.7. The smallest absolute Gasteiger partial charge is 0.238 e. The second-order valence-corrected chi connectivity index (χ2v) is 6.52. The number of rotatable bonds is 5. The van der Waals surface area contributed by atoms with Gasteiger partial charge >= 0.3 is 0 Å². The molecule has 0 bridgehead atoms. The van der Waals surface area contributed by atoms with E-state index in [4.69, 9.17) is 14.2 Å². The number of amides is 1. The average molecular weight is 354 g/mol. The first kappa shape index (κ1) is 16.7. The zero-order chi connectivity index (χ0) is 17.9. The number of carbonyl (C=O) groups is 1. The zero-order valence-corrected chi connectivity index (χ0v) is 14.7. The SMILES string of the molecule is COc1cccc(C2CCCN2CC(=O)Nc2ccc3c(c2)OCO3)c1. The van der Waals surface area contributed by atoms with Crippen molar-refractivity contribution in [1.82, 2.24) is 4.90 Å². The molecule has 136 valence electrons. The summed E-state index contributed by atoms with van der Waals surface area (Å²) in [6.45, 7) is 1.50. The van der Waals surface area contributed by atoms with Crippen LogP contribution in [0.4, 0.5) is 5.69 Å². The summed E-state index contributed by atoms with van der Waals surface area (Å²) in [7, 11) is 1.67. The highest BCUT2D eigenvalue weighted by molar-refractivity contribution is 5.92. The number of hydrogen-bond donors (Lipinski definition) is 1. The van der Waals surface area contributed by atoms with Gasteiger partial charge in [0.2, 0.25) is 12.7 Å². The van der Waals surface area contributed by atoms with Crippen molar-refractivity contribution >= 4 is 11.6 Å². The lowest BCUT2D eigenvalue weighted by Crippen LogP contribution is -2.32. The van der Waals surface area contributed by atoms with Gasteiger partial charge in [0.25, 0.3) is 0 Å². The van der Waals surface area contributed by atoms with E-state index in [0.29, 0.717) is 18.0 Å². The molecule has 2 aliphatic rings. The molecular formula is C20H22N2O4. The lowest BCUT2D eigenvalue weighted by atomic mass is 10.0. The third-order valence-electron chi connectivity index (χ3n) is 4.85. The summed E-state index contributed by atoms with van der Waals surface area (Å²) in [5.74, 6) is 2.19. The summed E-state index contributed by atoms with van der Waals surface area (Å²) in [6.07, 6.45) is 2.13. The quantitative estimate of drug-likeness (QED) is 0.893. The van der Waals surface area contributed by atoms with Crippen LogP contribution in [0.1, 0.15) is 24.4 Å². The van der Waals surface area contributed by atoms with Crippen molar-refractivity contribution in [3.63, 3.8) is 0 Å². The van der Waals surface area contributed by atoms with Crippen LogP contribution in [0, 0.1) is 0 Å². The van der Waals surface area contributed by atoms with Gasteiger partial charge in [0.15, 0.2) is 11.5 Å². The summed E-state index contributed by atoms with van der Waals surface area (Å²) >= 11 is 0. The van der Waals surface area contributed by atoms with Crippen LogP contribution >= 0.6 is 0 Å². The third-order valence-corrected chi connectivity index (χ3v) is 4.85.